The van der Waals surface area contributed by atoms with Crippen molar-refractivity contribution in [3.8, 4) is 0 Å². The first kappa shape index (κ1) is 25.5. The fourth-order valence-electron chi connectivity index (χ4n) is 3.78. The molecule has 1 aliphatic heterocycles. The summed E-state index contributed by atoms with van der Waals surface area (Å²) in [6.07, 6.45) is 3.80. The summed E-state index contributed by atoms with van der Waals surface area (Å²) in [5.74, 6) is 1.87. The maximum atomic E-state index is 4.32. The first-order chi connectivity index (χ1) is 14.8. The summed E-state index contributed by atoms with van der Waals surface area (Å²) in [4.78, 5) is 9.44. The number of guanidine groups is 1. The van der Waals surface area contributed by atoms with Crippen molar-refractivity contribution in [3.05, 3.63) is 48.0 Å². The molecule has 0 aliphatic carbocycles. The zero-order valence-corrected chi connectivity index (χ0v) is 21.2. The molecule has 8 nitrogen and oxygen atoms in total. The van der Waals surface area contributed by atoms with Crippen LogP contribution in [0.1, 0.15) is 24.7 Å². The minimum atomic E-state index is 0. The Bertz CT molecular complexity index is 756. The lowest BCUT2D eigenvalue weighted by molar-refractivity contribution is 0.126. The number of nitrogens with one attached hydrogen (secondary N) is 2. The van der Waals surface area contributed by atoms with Crippen LogP contribution in [0.15, 0.2) is 41.7 Å². The molecule has 0 bridgehead atoms. The zero-order chi connectivity index (χ0) is 21.0. The van der Waals surface area contributed by atoms with E-state index in [0.29, 0.717) is 0 Å². The lowest BCUT2D eigenvalue weighted by Gasteiger charge is -2.34. The number of hydrogen-bond donors (Lipinski definition) is 2. The maximum Gasteiger partial charge on any atom is 0.191 e. The van der Waals surface area contributed by atoms with E-state index in [1.165, 1.54) is 5.56 Å². The van der Waals surface area contributed by atoms with E-state index in [1.807, 2.05) is 7.05 Å². The molecule has 1 aliphatic rings. The third-order valence-electron chi connectivity index (χ3n) is 5.54. The van der Waals surface area contributed by atoms with Gasteiger partial charge in [-0.05, 0) is 18.5 Å². The summed E-state index contributed by atoms with van der Waals surface area (Å²) in [6.45, 7) is 11.4. The molecule has 0 radical (unpaired) electrons. The van der Waals surface area contributed by atoms with Gasteiger partial charge in [-0.15, -0.1) is 34.2 Å². The number of rotatable bonds is 10. The van der Waals surface area contributed by atoms with Crippen molar-refractivity contribution in [2.24, 2.45) is 4.99 Å². The van der Waals surface area contributed by atoms with Crippen molar-refractivity contribution in [2.45, 2.75) is 32.9 Å². The van der Waals surface area contributed by atoms with Crippen LogP contribution >= 0.6 is 24.0 Å². The minimum absolute atomic E-state index is 0. The number of nitrogens with zero attached hydrogens (tertiary/aromatic N) is 6. The van der Waals surface area contributed by atoms with Crippen molar-refractivity contribution in [3.63, 3.8) is 0 Å². The molecule has 9 heteroatoms. The van der Waals surface area contributed by atoms with Crippen molar-refractivity contribution >= 4 is 29.9 Å². The van der Waals surface area contributed by atoms with Gasteiger partial charge in [0.1, 0.15) is 12.2 Å². The Morgan fingerprint density at radius 2 is 1.71 bits per heavy atom. The number of piperazine rings is 1. The molecule has 172 valence electrons. The number of hydrogen-bond acceptors (Lipinski definition) is 5. The Hall–Kier alpha value is -1.72. The van der Waals surface area contributed by atoms with Gasteiger partial charge in [0.25, 0.3) is 0 Å². The van der Waals surface area contributed by atoms with Crippen LogP contribution in [0.5, 0.6) is 0 Å². The molecule has 0 saturated carbocycles. The molecule has 1 fully saturated rings. The molecule has 2 N–H and O–H groups in total. The Kier molecular flexibility index (Phi) is 11.8. The highest BCUT2D eigenvalue weighted by Crippen LogP contribution is 2.08. The Labute approximate surface area is 203 Å². The van der Waals surface area contributed by atoms with Gasteiger partial charge in [0.2, 0.25) is 0 Å². The summed E-state index contributed by atoms with van der Waals surface area (Å²) < 4.78 is 2.08. The largest absolute Gasteiger partial charge is 0.356 e. The third-order valence-corrected chi connectivity index (χ3v) is 5.54. The second-order valence-electron chi connectivity index (χ2n) is 7.68. The average molecular weight is 540 g/mol. The first-order valence-corrected chi connectivity index (χ1v) is 11.1. The zero-order valence-electron chi connectivity index (χ0n) is 18.8. The van der Waals surface area contributed by atoms with Crippen LogP contribution in [-0.2, 0) is 19.5 Å². The molecule has 0 spiro atoms. The number of benzene rings is 1. The standard InChI is InChI=1S/C22H36N8.HI/c1-3-21-27-26-19-30(21)13-11-25-22(23-2)24-10-7-12-28-14-16-29(17-15-28)18-20-8-5-4-6-9-20;/h4-6,8-9,19H,3,7,10-18H2,1-2H3,(H2,23,24,25);1H. The molecule has 2 heterocycles. The van der Waals surface area contributed by atoms with E-state index < -0.39 is 0 Å². The van der Waals surface area contributed by atoms with E-state index in [4.69, 9.17) is 0 Å². The molecule has 1 aromatic heterocycles. The molecule has 0 atom stereocenters. The van der Waals surface area contributed by atoms with Gasteiger partial charge in [-0.1, -0.05) is 37.3 Å². The lowest BCUT2D eigenvalue weighted by Crippen LogP contribution is -2.46. The predicted octanol–water partition coefficient (Wildman–Crippen LogP) is 1.83. The molecular weight excluding hydrogens is 503 g/mol. The van der Waals surface area contributed by atoms with Gasteiger partial charge in [0, 0.05) is 65.8 Å². The number of halogens is 1. The molecule has 31 heavy (non-hydrogen) atoms. The number of aliphatic imine (C=N–C) groups is 1. The summed E-state index contributed by atoms with van der Waals surface area (Å²) >= 11 is 0. The SMILES string of the molecule is CCc1nncn1CCNC(=NC)NCCCN1CCN(Cc2ccccc2)CC1.I. The lowest BCUT2D eigenvalue weighted by atomic mass is 10.2. The van der Waals surface area contributed by atoms with Crippen LogP contribution in [0.3, 0.4) is 0 Å². The van der Waals surface area contributed by atoms with Gasteiger partial charge in [0.15, 0.2) is 5.96 Å². The molecule has 2 aromatic rings. The second kappa shape index (κ2) is 14.4. The highest BCUT2D eigenvalue weighted by Gasteiger charge is 2.16. The Morgan fingerprint density at radius 3 is 2.42 bits per heavy atom. The smallest absolute Gasteiger partial charge is 0.191 e. The first-order valence-electron chi connectivity index (χ1n) is 11.1. The van der Waals surface area contributed by atoms with Crippen molar-refractivity contribution in [1.82, 2.24) is 35.2 Å². The highest BCUT2D eigenvalue weighted by atomic mass is 127. The highest BCUT2D eigenvalue weighted by molar-refractivity contribution is 14.0. The van der Waals surface area contributed by atoms with E-state index in [0.717, 1.165) is 83.5 Å². The summed E-state index contributed by atoms with van der Waals surface area (Å²) in [7, 11) is 1.82. The van der Waals surface area contributed by atoms with Crippen LogP contribution in [0, 0.1) is 0 Å². The van der Waals surface area contributed by atoms with E-state index in [1.54, 1.807) is 6.33 Å². The van der Waals surface area contributed by atoms with Crippen LogP contribution < -0.4 is 10.6 Å². The molecule has 0 unspecified atom stereocenters. The quantitative estimate of drug-likeness (QED) is 0.208. The second-order valence-corrected chi connectivity index (χ2v) is 7.68. The fourth-order valence-corrected chi connectivity index (χ4v) is 3.78. The molecule has 1 aromatic carbocycles. The van der Waals surface area contributed by atoms with Crippen molar-refractivity contribution in [1.29, 1.82) is 0 Å². The van der Waals surface area contributed by atoms with E-state index in [9.17, 15) is 0 Å². The van der Waals surface area contributed by atoms with Gasteiger partial charge in [-0.2, -0.15) is 0 Å². The normalized spacial score (nSPS) is 15.5. The van der Waals surface area contributed by atoms with Gasteiger partial charge < -0.3 is 20.1 Å². The van der Waals surface area contributed by atoms with Crippen molar-refractivity contribution in [2.75, 3.05) is 52.9 Å². The van der Waals surface area contributed by atoms with Crippen molar-refractivity contribution < 1.29 is 0 Å². The van der Waals surface area contributed by atoms with Crippen LogP contribution in [0.2, 0.25) is 0 Å². The predicted molar refractivity (Wildman–Crippen MR) is 137 cm³/mol. The van der Waals surface area contributed by atoms with Gasteiger partial charge >= 0.3 is 0 Å². The van der Waals surface area contributed by atoms with E-state index in [2.05, 4.69) is 77.4 Å². The summed E-state index contributed by atoms with van der Waals surface area (Å²) in [5, 5.41) is 14.9. The van der Waals surface area contributed by atoms with E-state index in [-0.39, 0.29) is 24.0 Å². The Balaban J connectivity index is 0.00000341. The summed E-state index contributed by atoms with van der Waals surface area (Å²) in [5.41, 5.74) is 1.41. The van der Waals surface area contributed by atoms with E-state index >= 15 is 0 Å². The number of aromatic nitrogens is 3. The van der Waals surface area contributed by atoms with Gasteiger partial charge in [-0.25, -0.2) is 0 Å². The topological polar surface area (TPSA) is 73.6 Å². The minimum Gasteiger partial charge on any atom is -0.356 e. The van der Waals surface area contributed by atoms with Crippen LogP contribution in [0.4, 0.5) is 0 Å². The molecule has 3 rings (SSSR count). The molecule has 0 amide bonds. The van der Waals surface area contributed by atoms with Gasteiger partial charge in [-0.3, -0.25) is 9.89 Å². The molecular formula is C22H37IN8. The Morgan fingerprint density at radius 1 is 1.00 bits per heavy atom. The van der Waals surface area contributed by atoms with Gasteiger partial charge in [0.05, 0.1) is 0 Å². The fraction of sp³-hybridized carbons (Fsp3) is 0.591. The monoisotopic (exact) mass is 540 g/mol. The maximum absolute atomic E-state index is 4.32. The van der Waals surface area contributed by atoms with Crippen LogP contribution in [0.25, 0.3) is 0 Å². The third kappa shape index (κ3) is 8.74. The van der Waals surface area contributed by atoms with Crippen LogP contribution in [-0.4, -0.2) is 83.4 Å². The average Bonchev–Trinajstić information content (AvgIpc) is 3.24. The summed E-state index contributed by atoms with van der Waals surface area (Å²) in [6, 6.07) is 10.8. The number of aryl methyl sites for hydroxylation is 1. The molecule has 1 saturated heterocycles.